The topological polar surface area (TPSA) is 68.2 Å². The number of benzene rings is 1. The minimum Gasteiger partial charge on any atom is -0.493 e. The lowest BCUT2D eigenvalue weighted by molar-refractivity contribution is 0.0728. The van der Waals surface area contributed by atoms with Crippen molar-refractivity contribution in [2.45, 2.75) is 6.92 Å². The van der Waals surface area contributed by atoms with Gasteiger partial charge in [0.05, 0.1) is 33.5 Å². The molecule has 6 nitrogen and oxygen atoms in total. The maximum absolute atomic E-state index is 12.5. The number of aliphatic hydroxyl groups excluding tert-OH is 1. The number of hydrogen-bond donors (Lipinski definition) is 1. The Morgan fingerprint density at radius 1 is 1.15 bits per heavy atom. The van der Waals surface area contributed by atoms with Crippen LogP contribution >= 0.6 is 0 Å². The summed E-state index contributed by atoms with van der Waals surface area (Å²) in [4.78, 5) is 14.0. The summed E-state index contributed by atoms with van der Waals surface area (Å²) >= 11 is 0. The van der Waals surface area contributed by atoms with E-state index in [1.54, 1.807) is 12.1 Å². The van der Waals surface area contributed by atoms with E-state index in [0.717, 1.165) is 0 Å². The van der Waals surface area contributed by atoms with Gasteiger partial charge in [0.2, 0.25) is 5.75 Å². The Morgan fingerprint density at radius 2 is 1.80 bits per heavy atom. The van der Waals surface area contributed by atoms with Crippen LogP contribution < -0.4 is 14.2 Å². The van der Waals surface area contributed by atoms with Gasteiger partial charge in [-0.25, -0.2) is 0 Å². The maximum Gasteiger partial charge on any atom is 0.257 e. The van der Waals surface area contributed by atoms with Crippen molar-refractivity contribution in [2.24, 2.45) is 0 Å². The van der Waals surface area contributed by atoms with Gasteiger partial charge in [0.25, 0.3) is 5.91 Å². The normalized spacial score (nSPS) is 10.1. The van der Waals surface area contributed by atoms with Gasteiger partial charge in [0, 0.05) is 13.1 Å². The van der Waals surface area contributed by atoms with E-state index in [1.807, 2.05) is 6.92 Å². The van der Waals surface area contributed by atoms with Gasteiger partial charge in [0.15, 0.2) is 11.5 Å². The Hall–Kier alpha value is -1.95. The monoisotopic (exact) mass is 283 g/mol. The molecule has 0 radical (unpaired) electrons. The van der Waals surface area contributed by atoms with Gasteiger partial charge in [-0.2, -0.15) is 0 Å². The molecule has 1 N–H and O–H groups in total. The highest BCUT2D eigenvalue weighted by Crippen LogP contribution is 2.40. The summed E-state index contributed by atoms with van der Waals surface area (Å²) in [6.07, 6.45) is 0. The average molecular weight is 283 g/mol. The number of aliphatic hydroxyl groups is 1. The highest BCUT2D eigenvalue weighted by molar-refractivity contribution is 5.98. The lowest BCUT2D eigenvalue weighted by atomic mass is 10.1. The molecule has 0 atom stereocenters. The summed E-state index contributed by atoms with van der Waals surface area (Å²) in [7, 11) is 4.47. The molecule has 0 fully saturated rings. The molecule has 0 aliphatic heterocycles. The van der Waals surface area contributed by atoms with Crippen LogP contribution in [0.1, 0.15) is 17.3 Å². The maximum atomic E-state index is 12.5. The van der Waals surface area contributed by atoms with E-state index in [1.165, 1.54) is 26.2 Å². The third-order valence-corrected chi connectivity index (χ3v) is 2.97. The van der Waals surface area contributed by atoms with Gasteiger partial charge in [-0.1, -0.05) is 0 Å². The molecule has 20 heavy (non-hydrogen) atoms. The summed E-state index contributed by atoms with van der Waals surface area (Å²) in [5.74, 6) is 0.972. The quantitative estimate of drug-likeness (QED) is 0.813. The molecule has 1 rings (SSSR count). The van der Waals surface area contributed by atoms with Gasteiger partial charge in [-0.05, 0) is 19.1 Å². The van der Waals surface area contributed by atoms with Crippen LogP contribution in [0, 0.1) is 0 Å². The van der Waals surface area contributed by atoms with E-state index in [-0.39, 0.29) is 19.1 Å². The smallest absolute Gasteiger partial charge is 0.257 e. The van der Waals surface area contributed by atoms with E-state index >= 15 is 0 Å². The lowest BCUT2D eigenvalue weighted by Crippen LogP contribution is -2.33. The molecule has 0 aliphatic carbocycles. The van der Waals surface area contributed by atoms with Crippen molar-refractivity contribution in [3.05, 3.63) is 17.7 Å². The first-order valence-electron chi connectivity index (χ1n) is 6.33. The summed E-state index contributed by atoms with van der Waals surface area (Å²) < 4.78 is 15.7. The zero-order valence-electron chi connectivity index (χ0n) is 12.3. The van der Waals surface area contributed by atoms with Gasteiger partial charge in [0.1, 0.15) is 0 Å². The molecule has 0 heterocycles. The van der Waals surface area contributed by atoms with Gasteiger partial charge < -0.3 is 24.2 Å². The molecule has 0 aromatic heterocycles. The van der Waals surface area contributed by atoms with Crippen LogP contribution in [0.5, 0.6) is 17.2 Å². The zero-order valence-corrected chi connectivity index (χ0v) is 12.3. The molecular weight excluding hydrogens is 262 g/mol. The summed E-state index contributed by atoms with van der Waals surface area (Å²) in [6.45, 7) is 2.53. The Balaban J connectivity index is 3.27. The molecule has 1 amide bonds. The third-order valence-electron chi connectivity index (χ3n) is 2.97. The number of carbonyl (C=O) groups excluding carboxylic acids is 1. The van der Waals surface area contributed by atoms with Gasteiger partial charge in [-0.15, -0.1) is 0 Å². The fourth-order valence-electron chi connectivity index (χ4n) is 1.96. The van der Waals surface area contributed by atoms with Crippen LogP contribution in [-0.4, -0.2) is 56.9 Å². The number of rotatable bonds is 7. The number of ether oxygens (including phenoxy) is 3. The minimum absolute atomic E-state index is 0.0881. The first-order valence-corrected chi connectivity index (χ1v) is 6.33. The summed E-state index contributed by atoms with van der Waals surface area (Å²) in [6, 6.07) is 3.28. The van der Waals surface area contributed by atoms with Crippen molar-refractivity contribution in [1.29, 1.82) is 0 Å². The second-order valence-electron chi connectivity index (χ2n) is 3.99. The molecule has 1 aromatic rings. The third kappa shape index (κ3) is 3.14. The van der Waals surface area contributed by atoms with Crippen molar-refractivity contribution in [3.63, 3.8) is 0 Å². The van der Waals surface area contributed by atoms with E-state index < -0.39 is 0 Å². The largest absolute Gasteiger partial charge is 0.493 e. The fourth-order valence-corrected chi connectivity index (χ4v) is 1.96. The van der Waals surface area contributed by atoms with E-state index in [2.05, 4.69) is 0 Å². The highest BCUT2D eigenvalue weighted by atomic mass is 16.5. The number of hydrogen-bond acceptors (Lipinski definition) is 5. The van der Waals surface area contributed by atoms with Crippen molar-refractivity contribution >= 4 is 5.91 Å². The molecule has 0 unspecified atom stereocenters. The zero-order chi connectivity index (χ0) is 15.1. The van der Waals surface area contributed by atoms with E-state index in [0.29, 0.717) is 29.4 Å². The fraction of sp³-hybridized carbons (Fsp3) is 0.500. The molecule has 6 heteroatoms. The molecule has 0 saturated carbocycles. The van der Waals surface area contributed by atoms with Crippen LogP contribution in [-0.2, 0) is 0 Å². The number of amides is 1. The van der Waals surface area contributed by atoms with Crippen LogP contribution in [0.15, 0.2) is 12.1 Å². The molecular formula is C14H21NO5. The van der Waals surface area contributed by atoms with Crippen LogP contribution in [0.4, 0.5) is 0 Å². The molecule has 112 valence electrons. The van der Waals surface area contributed by atoms with Crippen LogP contribution in [0.3, 0.4) is 0 Å². The van der Waals surface area contributed by atoms with Crippen molar-refractivity contribution < 1.29 is 24.1 Å². The predicted molar refractivity (Wildman–Crippen MR) is 74.8 cm³/mol. The second-order valence-corrected chi connectivity index (χ2v) is 3.99. The summed E-state index contributed by atoms with van der Waals surface area (Å²) in [5.41, 5.74) is 0.375. The van der Waals surface area contributed by atoms with Crippen LogP contribution in [0.2, 0.25) is 0 Å². The molecule has 0 aliphatic rings. The summed E-state index contributed by atoms with van der Waals surface area (Å²) in [5, 5.41) is 9.00. The Labute approximate surface area is 118 Å². The van der Waals surface area contributed by atoms with E-state index in [4.69, 9.17) is 19.3 Å². The first-order chi connectivity index (χ1) is 9.64. The standard InChI is InChI=1S/C14H21NO5/c1-5-15(8-9-16)14(17)10-6-7-11(18-2)13(20-4)12(10)19-3/h6-7,16H,5,8-9H2,1-4H3. The number of carbonyl (C=O) groups is 1. The Bertz CT molecular complexity index is 461. The van der Waals surface area contributed by atoms with Crippen molar-refractivity contribution in [3.8, 4) is 17.2 Å². The predicted octanol–water partition coefficient (Wildman–Crippen LogP) is 1.17. The SMILES string of the molecule is CCN(CCO)C(=O)c1ccc(OC)c(OC)c1OC. The average Bonchev–Trinajstić information content (AvgIpc) is 2.49. The Kier molecular flexibility index (Phi) is 6.11. The minimum atomic E-state index is -0.223. The molecule has 0 bridgehead atoms. The highest BCUT2D eigenvalue weighted by Gasteiger charge is 2.23. The van der Waals surface area contributed by atoms with Crippen LogP contribution in [0.25, 0.3) is 0 Å². The molecule has 0 spiro atoms. The van der Waals surface area contributed by atoms with Crippen molar-refractivity contribution in [2.75, 3.05) is 41.0 Å². The first kappa shape index (κ1) is 16.1. The van der Waals surface area contributed by atoms with Crippen molar-refractivity contribution in [1.82, 2.24) is 4.90 Å². The molecule has 1 aromatic carbocycles. The number of nitrogens with zero attached hydrogens (tertiary/aromatic N) is 1. The Morgan fingerprint density at radius 3 is 2.25 bits per heavy atom. The van der Waals surface area contributed by atoms with Gasteiger partial charge in [-0.3, -0.25) is 4.79 Å². The lowest BCUT2D eigenvalue weighted by Gasteiger charge is -2.22. The van der Waals surface area contributed by atoms with Gasteiger partial charge >= 0.3 is 0 Å². The van der Waals surface area contributed by atoms with E-state index in [9.17, 15) is 4.79 Å². The molecule has 0 saturated heterocycles. The number of likely N-dealkylation sites (N-methyl/N-ethyl adjacent to an activating group) is 1. The second kappa shape index (κ2) is 7.59. The number of methoxy groups -OCH3 is 3.